The van der Waals surface area contributed by atoms with Crippen molar-refractivity contribution in [1.29, 1.82) is 0 Å². The highest BCUT2D eigenvalue weighted by Gasteiger charge is 2.09. The van der Waals surface area contributed by atoms with E-state index in [2.05, 4.69) is 15.3 Å². The molecule has 0 aliphatic heterocycles. The van der Waals surface area contributed by atoms with Gasteiger partial charge in [0.2, 0.25) is 5.88 Å². The minimum absolute atomic E-state index is 0.00633. The van der Waals surface area contributed by atoms with Gasteiger partial charge in [-0.2, -0.15) is 0 Å². The lowest BCUT2D eigenvalue weighted by Gasteiger charge is -2.07. The Bertz CT molecular complexity index is 551. The molecular weight excluding hydrogens is 257 g/mol. The molecule has 2 aromatic rings. The molecule has 0 saturated heterocycles. The lowest BCUT2D eigenvalue weighted by atomic mass is 10.3. The molecule has 1 N–H and O–H groups in total. The molecule has 1 aromatic heterocycles. The Balaban J connectivity index is 2.23. The molecule has 0 radical (unpaired) electrons. The van der Waals surface area contributed by atoms with Gasteiger partial charge in [-0.05, 0) is 19.2 Å². The zero-order valence-corrected chi connectivity index (χ0v) is 10.4. The summed E-state index contributed by atoms with van der Waals surface area (Å²) in [5.41, 5.74) is 0.706. The van der Waals surface area contributed by atoms with E-state index >= 15 is 0 Å². The molecule has 0 aliphatic rings. The number of ether oxygens (including phenoxy) is 1. The van der Waals surface area contributed by atoms with Crippen LogP contribution >= 0.6 is 11.6 Å². The summed E-state index contributed by atoms with van der Waals surface area (Å²) in [6.45, 7) is 0.558. The molecule has 94 valence electrons. The third-order valence-electron chi connectivity index (χ3n) is 2.15. The molecule has 0 amide bonds. The van der Waals surface area contributed by atoms with Crippen molar-refractivity contribution in [2.24, 2.45) is 0 Å². The predicted octanol–water partition coefficient (Wildman–Crippen LogP) is 2.78. The van der Waals surface area contributed by atoms with Crippen molar-refractivity contribution < 1.29 is 9.13 Å². The largest absolute Gasteiger partial charge is 0.434 e. The van der Waals surface area contributed by atoms with E-state index in [1.54, 1.807) is 19.3 Å². The summed E-state index contributed by atoms with van der Waals surface area (Å²) in [6, 6.07) is 4.53. The fourth-order valence-corrected chi connectivity index (χ4v) is 1.54. The van der Waals surface area contributed by atoms with Crippen molar-refractivity contribution in [3.63, 3.8) is 0 Å². The van der Waals surface area contributed by atoms with Gasteiger partial charge < -0.3 is 10.1 Å². The van der Waals surface area contributed by atoms with Crippen molar-refractivity contribution in [3.8, 4) is 11.6 Å². The zero-order valence-electron chi connectivity index (χ0n) is 9.65. The van der Waals surface area contributed by atoms with Gasteiger partial charge in [-0.1, -0.05) is 17.7 Å². The minimum atomic E-state index is -0.611. The average Bonchev–Trinajstić information content (AvgIpc) is 2.36. The predicted molar refractivity (Wildman–Crippen MR) is 66.3 cm³/mol. The van der Waals surface area contributed by atoms with E-state index < -0.39 is 5.82 Å². The Morgan fingerprint density at radius 1 is 1.39 bits per heavy atom. The third-order valence-corrected chi connectivity index (χ3v) is 2.44. The van der Waals surface area contributed by atoms with Crippen molar-refractivity contribution in [1.82, 2.24) is 15.3 Å². The molecule has 0 aliphatic carbocycles. The van der Waals surface area contributed by atoms with Gasteiger partial charge in [0.15, 0.2) is 11.6 Å². The SMILES string of the molecule is CNCc1cncc(Oc2cccc(Cl)c2F)n1. The highest BCUT2D eigenvalue weighted by Crippen LogP contribution is 2.27. The van der Waals surface area contributed by atoms with Crippen LogP contribution < -0.4 is 10.1 Å². The van der Waals surface area contributed by atoms with Crippen LogP contribution in [-0.4, -0.2) is 17.0 Å². The first-order chi connectivity index (χ1) is 8.70. The Hall–Kier alpha value is -1.72. The van der Waals surface area contributed by atoms with Crippen LogP contribution in [0.5, 0.6) is 11.6 Å². The van der Waals surface area contributed by atoms with Crippen molar-refractivity contribution in [2.75, 3.05) is 7.05 Å². The molecule has 4 nitrogen and oxygen atoms in total. The molecule has 0 spiro atoms. The second kappa shape index (κ2) is 5.75. The Morgan fingerprint density at radius 2 is 2.22 bits per heavy atom. The summed E-state index contributed by atoms with van der Waals surface area (Å²) in [4.78, 5) is 8.14. The number of hydrogen-bond acceptors (Lipinski definition) is 4. The summed E-state index contributed by atoms with van der Waals surface area (Å²) < 4.78 is 18.9. The van der Waals surface area contributed by atoms with Gasteiger partial charge in [0.25, 0.3) is 0 Å². The van der Waals surface area contributed by atoms with Crippen LogP contribution in [0.2, 0.25) is 5.02 Å². The minimum Gasteiger partial charge on any atom is -0.434 e. The van der Waals surface area contributed by atoms with Crippen LogP contribution in [0.25, 0.3) is 0 Å². The summed E-state index contributed by atoms with van der Waals surface area (Å²) in [6.07, 6.45) is 3.02. The van der Waals surface area contributed by atoms with Gasteiger partial charge in [0, 0.05) is 12.7 Å². The molecule has 0 fully saturated rings. The van der Waals surface area contributed by atoms with E-state index in [1.165, 1.54) is 18.3 Å². The fourth-order valence-electron chi connectivity index (χ4n) is 1.38. The maximum Gasteiger partial charge on any atom is 0.238 e. The summed E-state index contributed by atoms with van der Waals surface area (Å²) in [5, 5.41) is 2.95. The number of benzene rings is 1. The number of rotatable bonds is 4. The first kappa shape index (κ1) is 12.7. The second-order valence-corrected chi connectivity index (χ2v) is 3.94. The lowest BCUT2D eigenvalue weighted by Crippen LogP contribution is -2.07. The molecule has 6 heteroatoms. The van der Waals surface area contributed by atoms with Gasteiger partial charge in [-0.3, -0.25) is 4.98 Å². The molecule has 18 heavy (non-hydrogen) atoms. The van der Waals surface area contributed by atoms with E-state index in [9.17, 15) is 4.39 Å². The number of halogens is 2. The van der Waals surface area contributed by atoms with E-state index in [4.69, 9.17) is 16.3 Å². The summed E-state index contributed by atoms with van der Waals surface area (Å²) in [5.74, 6) is -0.359. The highest BCUT2D eigenvalue weighted by molar-refractivity contribution is 6.30. The molecule has 1 aromatic carbocycles. The Labute approximate surface area is 109 Å². The lowest BCUT2D eigenvalue weighted by molar-refractivity contribution is 0.423. The second-order valence-electron chi connectivity index (χ2n) is 3.53. The first-order valence-corrected chi connectivity index (χ1v) is 5.66. The van der Waals surface area contributed by atoms with Crippen LogP contribution in [0.4, 0.5) is 4.39 Å². The van der Waals surface area contributed by atoms with E-state index in [-0.39, 0.29) is 16.7 Å². The molecule has 1 heterocycles. The van der Waals surface area contributed by atoms with Crippen molar-refractivity contribution in [2.45, 2.75) is 6.54 Å². The molecular formula is C12H11ClFN3O. The van der Waals surface area contributed by atoms with Crippen LogP contribution in [0, 0.1) is 5.82 Å². The molecule has 0 atom stereocenters. The Kier molecular flexibility index (Phi) is 4.07. The van der Waals surface area contributed by atoms with Gasteiger partial charge in [-0.25, -0.2) is 9.37 Å². The topological polar surface area (TPSA) is 47.0 Å². The van der Waals surface area contributed by atoms with Gasteiger partial charge in [0.05, 0.1) is 16.9 Å². The third kappa shape index (κ3) is 2.94. The molecule has 0 saturated carbocycles. The number of hydrogen-bond donors (Lipinski definition) is 1. The fraction of sp³-hybridized carbons (Fsp3) is 0.167. The van der Waals surface area contributed by atoms with Crippen LogP contribution in [0.15, 0.2) is 30.6 Å². The molecule has 2 rings (SSSR count). The van der Waals surface area contributed by atoms with E-state index in [0.29, 0.717) is 12.2 Å². The first-order valence-electron chi connectivity index (χ1n) is 5.28. The van der Waals surface area contributed by atoms with Gasteiger partial charge in [-0.15, -0.1) is 0 Å². The standard InChI is InChI=1S/C12H11ClFN3O/c1-15-5-8-6-16-7-11(17-8)18-10-4-2-3-9(13)12(10)14/h2-4,6-7,15H,5H2,1H3. The highest BCUT2D eigenvalue weighted by atomic mass is 35.5. The Morgan fingerprint density at radius 3 is 3.00 bits per heavy atom. The van der Waals surface area contributed by atoms with Crippen molar-refractivity contribution >= 4 is 11.6 Å². The number of aromatic nitrogens is 2. The van der Waals surface area contributed by atoms with Crippen molar-refractivity contribution in [3.05, 3.63) is 47.1 Å². The quantitative estimate of drug-likeness (QED) is 0.925. The van der Waals surface area contributed by atoms with Crippen LogP contribution in [0.1, 0.15) is 5.69 Å². The summed E-state index contributed by atoms with van der Waals surface area (Å²) >= 11 is 5.66. The zero-order chi connectivity index (χ0) is 13.0. The maximum absolute atomic E-state index is 13.6. The van der Waals surface area contributed by atoms with Crippen LogP contribution in [-0.2, 0) is 6.54 Å². The van der Waals surface area contributed by atoms with Gasteiger partial charge in [0.1, 0.15) is 0 Å². The smallest absolute Gasteiger partial charge is 0.238 e. The van der Waals surface area contributed by atoms with Gasteiger partial charge >= 0.3 is 0 Å². The molecule has 0 unspecified atom stereocenters. The monoisotopic (exact) mass is 267 g/mol. The van der Waals surface area contributed by atoms with E-state index in [0.717, 1.165) is 0 Å². The maximum atomic E-state index is 13.6. The molecule has 0 bridgehead atoms. The summed E-state index contributed by atoms with van der Waals surface area (Å²) in [7, 11) is 1.80. The van der Waals surface area contributed by atoms with E-state index in [1.807, 2.05) is 0 Å². The van der Waals surface area contributed by atoms with Crippen LogP contribution in [0.3, 0.4) is 0 Å². The normalized spacial score (nSPS) is 10.4. The average molecular weight is 268 g/mol. The number of nitrogens with zero attached hydrogens (tertiary/aromatic N) is 2. The number of nitrogens with one attached hydrogen (secondary N) is 1.